The minimum absolute atomic E-state index is 0.577. The molecule has 1 heterocycles. The van der Waals surface area contributed by atoms with E-state index in [-0.39, 0.29) is 0 Å². The molecule has 0 aliphatic carbocycles. The second-order valence-corrected chi connectivity index (χ2v) is 4.26. The van der Waals surface area contributed by atoms with Gasteiger partial charge in [-0.2, -0.15) is 0 Å². The minimum Gasteiger partial charge on any atom is -0.478 e. The molecule has 0 unspecified atom stereocenters. The van der Waals surface area contributed by atoms with Crippen molar-refractivity contribution in [3.8, 4) is 0 Å². The number of hydrogen-bond acceptors (Lipinski definition) is 4. The van der Waals surface area contributed by atoms with E-state index in [0.717, 1.165) is 22.0 Å². The summed E-state index contributed by atoms with van der Waals surface area (Å²) in [5.74, 6) is -0.356. The molecule has 0 bridgehead atoms. The molecule has 1 aromatic carbocycles. The Morgan fingerprint density at radius 2 is 2.18 bits per heavy atom. The minimum atomic E-state index is -0.932. The number of para-hydroxylation sites is 1. The van der Waals surface area contributed by atoms with Crippen LogP contribution >= 0.6 is 11.8 Å². The summed E-state index contributed by atoms with van der Waals surface area (Å²) in [4.78, 5) is 18.7. The van der Waals surface area contributed by atoms with E-state index in [1.807, 2.05) is 24.3 Å². The van der Waals surface area contributed by atoms with Crippen LogP contribution in [0, 0.1) is 0 Å². The third kappa shape index (κ3) is 3.04. The first kappa shape index (κ1) is 11.6. The number of hydrogen-bond donors (Lipinski definition) is 1. The quantitative estimate of drug-likeness (QED) is 0.509. The van der Waals surface area contributed by atoms with Crippen LogP contribution in [-0.4, -0.2) is 26.8 Å². The van der Waals surface area contributed by atoms with Crippen molar-refractivity contribution in [3.63, 3.8) is 0 Å². The van der Waals surface area contributed by atoms with Crippen LogP contribution in [0.3, 0.4) is 0 Å². The molecule has 0 aliphatic heterocycles. The molecule has 17 heavy (non-hydrogen) atoms. The Labute approximate surface area is 102 Å². The molecule has 5 heteroatoms. The van der Waals surface area contributed by atoms with E-state index in [2.05, 4.69) is 9.97 Å². The number of carbonyl (C=O) groups is 1. The Kier molecular flexibility index (Phi) is 3.72. The second kappa shape index (κ2) is 5.45. The van der Waals surface area contributed by atoms with Gasteiger partial charge in [0.1, 0.15) is 11.4 Å². The van der Waals surface area contributed by atoms with Crippen molar-refractivity contribution in [2.75, 3.05) is 5.75 Å². The fourth-order valence-electron chi connectivity index (χ4n) is 1.37. The third-order valence-electron chi connectivity index (χ3n) is 2.08. The lowest BCUT2D eigenvalue weighted by atomic mass is 10.2. The highest BCUT2D eigenvalue weighted by Crippen LogP contribution is 2.23. The van der Waals surface area contributed by atoms with Gasteiger partial charge < -0.3 is 5.11 Å². The van der Waals surface area contributed by atoms with E-state index in [1.54, 1.807) is 6.08 Å². The standard InChI is InChI=1S/C12H10N2O2S/c15-11(16)6-3-7-17-12-9-4-1-2-5-10(9)13-8-14-12/h1-6,8H,7H2,(H,15,16). The molecule has 0 spiro atoms. The molecule has 0 saturated heterocycles. The van der Waals surface area contributed by atoms with Crippen LogP contribution < -0.4 is 0 Å². The molecule has 0 radical (unpaired) electrons. The van der Waals surface area contributed by atoms with Crippen molar-refractivity contribution in [1.29, 1.82) is 0 Å². The summed E-state index contributed by atoms with van der Waals surface area (Å²) in [6, 6.07) is 7.74. The summed E-state index contributed by atoms with van der Waals surface area (Å²) >= 11 is 1.49. The first-order chi connectivity index (χ1) is 8.27. The van der Waals surface area contributed by atoms with E-state index < -0.39 is 5.97 Å². The van der Waals surface area contributed by atoms with Crippen LogP contribution in [0.15, 0.2) is 47.8 Å². The fourth-order valence-corrected chi connectivity index (χ4v) is 2.17. The van der Waals surface area contributed by atoms with Crippen LogP contribution in [0.2, 0.25) is 0 Å². The monoisotopic (exact) mass is 246 g/mol. The Morgan fingerprint density at radius 3 is 3.00 bits per heavy atom. The number of thioether (sulfide) groups is 1. The van der Waals surface area contributed by atoms with Gasteiger partial charge in [0, 0.05) is 17.2 Å². The van der Waals surface area contributed by atoms with E-state index in [4.69, 9.17) is 5.11 Å². The molecule has 1 N–H and O–H groups in total. The number of carboxylic acids is 1. The summed E-state index contributed by atoms with van der Waals surface area (Å²) in [6.45, 7) is 0. The van der Waals surface area contributed by atoms with Crippen LogP contribution in [0.1, 0.15) is 0 Å². The highest BCUT2D eigenvalue weighted by Gasteiger charge is 2.01. The van der Waals surface area contributed by atoms with Gasteiger partial charge in [-0.25, -0.2) is 14.8 Å². The summed E-state index contributed by atoms with van der Waals surface area (Å²) in [5.41, 5.74) is 0.896. The summed E-state index contributed by atoms with van der Waals surface area (Å²) in [6.07, 6.45) is 4.26. The first-order valence-electron chi connectivity index (χ1n) is 4.99. The number of carboxylic acid groups (broad SMARTS) is 1. The zero-order valence-corrected chi connectivity index (χ0v) is 9.72. The lowest BCUT2D eigenvalue weighted by Crippen LogP contribution is -1.88. The number of rotatable bonds is 4. The molecule has 0 saturated carbocycles. The van der Waals surface area contributed by atoms with Gasteiger partial charge in [-0.1, -0.05) is 24.3 Å². The zero-order chi connectivity index (χ0) is 12.1. The average Bonchev–Trinajstić information content (AvgIpc) is 2.34. The van der Waals surface area contributed by atoms with Crippen molar-refractivity contribution < 1.29 is 9.90 Å². The maximum absolute atomic E-state index is 10.3. The molecule has 0 atom stereocenters. The van der Waals surface area contributed by atoms with Crippen LogP contribution in [0.4, 0.5) is 0 Å². The number of aliphatic carboxylic acids is 1. The number of fused-ring (bicyclic) bond motifs is 1. The predicted molar refractivity (Wildman–Crippen MR) is 67.0 cm³/mol. The van der Waals surface area contributed by atoms with Gasteiger partial charge >= 0.3 is 5.97 Å². The van der Waals surface area contributed by atoms with Gasteiger partial charge in [0.25, 0.3) is 0 Å². The van der Waals surface area contributed by atoms with Crippen molar-refractivity contribution in [1.82, 2.24) is 9.97 Å². The topological polar surface area (TPSA) is 63.1 Å². The zero-order valence-electron chi connectivity index (χ0n) is 8.91. The molecular weight excluding hydrogens is 236 g/mol. The molecule has 86 valence electrons. The molecule has 4 nitrogen and oxygen atoms in total. The molecular formula is C12H10N2O2S. The van der Waals surface area contributed by atoms with Gasteiger partial charge in [-0.3, -0.25) is 0 Å². The highest BCUT2D eigenvalue weighted by molar-refractivity contribution is 7.99. The van der Waals surface area contributed by atoms with E-state index in [0.29, 0.717) is 5.75 Å². The third-order valence-corrected chi connectivity index (χ3v) is 3.04. The summed E-state index contributed by atoms with van der Waals surface area (Å²) < 4.78 is 0. The van der Waals surface area contributed by atoms with E-state index >= 15 is 0 Å². The fraction of sp³-hybridized carbons (Fsp3) is 0.0833. The molecule has 0 amide bonds. The lowest BCUT2D eigenvalue weighted by Gasteiger charge is -2.01. The van der Waals surface area contributed by atoms with Crippen molar-refractivity contribution in [3.05, 3.63) is 42.7 Å². The maximum atomic E-state index is 10.3. The van der Waals surface area contributed by atoms with E-state index in [1.165, 1.54) is 18.1 Å². The van der Waals surface area contributed by atoms with Crippen LogP contribution in [0.25, 0.3) is 10.9 Å². The van der Waals surface area contributed by atoms with Gasteiger partial charge in [-0.05, 0) is 6.07 Å². The van der Waals surface area contributed by atoms with Crippen molar-refractivity contribution in [2.24, 2.45) is 0 Å². The van der Waals surface area contributed by atoms with Crippen LogP contribution in [-0.2, 0) is 4.79 Å². The maximum Gasteiger partial charge on any atom is 0.328 e. The van der Waals surface area contributed by atoms with Crippen molar-refractivity contribution >= 4 is 28.6 Å². The SMILES string of the molecule is O=C(O)C=CCSc1ncnc2ccccc12. The largest absolute Gasteiger partial charge is 0.478 e. The Morgan fingerprint density at radius 1 is 1.35 bits per heavy atom. The van der Waals surface area contributed by atoms with Crippen molar-refractivity contribution in [2.45, 2.75) is 5.03 Å². The van der Waals surface area contributed by atoms with Gasteiger partial charge in [0.05, 0.1) is 5.52 Å². The smallest absolute Gasteiger partial charge is 0.328 e. The van der Waals surface area contributed by atoms with Gasteiger partial charge in [0.15, 0.2) is 0 Å². The summed E-state index contributed by atoms with van der Waals surface area (Å²) in [7, 11) is 0. The first-order valence-corrected chi connectivity index (χ1v) is 5.98. The lowest BCUT2D eigenvalue weighted by molar-refractivity contribution is -0.131. The normalized spacial score (nSPS) is 11.1. The molecule has 0 fully saturated rings. The Hall–Kier alpha value is -1.88. The van der Waals surface area contributed by atoms with Crippen LogP contribution in [0.5, 0.6) is 0 Å². The molecule has 0 aliphatic rings. The average molecular weight is 246 g/mol. The van der Waals surface area contributed by atoms with E-state index in [9.17, 15) is 4.79 Å². The van der Waals surface area contributed by atoms with Gasteiger partial charge in [-0.15, -0.1) is 11.8 Å². The predicted octanol–water partition coefficient (Wildman–Crippen LogP) is 2.36. The Bertz CT molecular complexity index is 564. The Balaban J connectivity index is 2.16. The second-order valence-electron chi connectivity index (χ2n) is 3.25. The molecule has 2 aromatic rings. The van der Waals surface area contributed by atoms with Gasteiger partial charge in [0.2, 0.25) is 0 Å². The number of benzene rings is 1. The highest BCUT2D eigenvalue weighted by atomic mass is 32.2. The molecule has 1 aromatic heterocycles. The number of aromatic nitrogens is 2. The molecule has 2 rings (SSSR count). The number of nitrogens with zero attached hydrogens (tertiary/aromatic N) is 2. The summed E-state index contributed by atoms with van der Waals surface area (Å²) in [5, 5.41) is 10.3.